The molecule has 2 aliphatic rings. The Morgan fingerprint density at radius 2 is 1.60 bits per heavy atom. The molecule has 1 heteroatoms. The van der Waals surface area contributed by atoms with Crippen molar-refractivity contribution in [2.75, 3.05) is 6.61 Å². The lowest BCUT2D eigenvalue weighted by atomic mass is 10.1. The third-order valence-electron chi connectivity index (χ3n) is 2.78. The van der Waals surface area contributed by atoms with E-state index in [0.29, 0.717) is 0 Å². The van der Waals surface area contributed by atoms with Gasteiger partial charge in [0.15, 0.2) is 0 Å². The summed E-state index contributed by atoms with van der Waals surface area (Å²) in [5.74, 6) is 1.05. The van der Waals surface area contributed by atoms with Crippen LogP contribution in [-0.2, 0) is 6.42 Å². The summed E-state index contributed by atoms with van der Waals surface area (Å²) in [6.07, 6.45) is 13.5. The van der Waals surface area contributed by atoms with E-state index in [-0.39, 0.29) is 0 Å². The summed E-state index contributed by atoms with van der Waals surface area (Å²) in [6.45, 7) is 0.823. The predicted octanol–water partition coefficient (Wildman–Crippen LogP) is 1.31. The zero-order chi connectivity index (χ0) is 10.1. The van der Waals surface area contributed by atoms with Crippen LogP contribution in [0.25, 0.3) is 12.2 Å². The van der Waals surface area contributed by atoms with Crippen LogP contribution in [0, 0.1) is 0 Å². The van der Waals surface area contributed by atoms with Crippen LogP contribution >= 0.6 is 0 Å². The standard InChI is InChI=1S/C14H12O/c1-2-4-6-12-10-14-13(7-8-15-14)9-11(12)5-3-1/h1-6,9-10H,7-8H2/b2-1?,3-1?,4-2?,5-3?,6-4?,11-5-,12-6-. The zero-order valence-electron chi connectivity index (χ0n) is 8.44. The Morgan fingerprint density at radius 1 is 0.867 bits per heavy atom. The van der Waals surface area contributed by atoms with E-state index in [4.69, 9.17) is 4.74 Å². The van der Waals surface area contributed by atoms with Crippen LogP contribution in [-0.4, -0.2) is 6.61 Å². The highest BCUT2D eigenvalue weighted by molar-refractivity contribution is 5.51. The molecule has 1 aromatic carbocycles. The molecular weight excluding hydrogens is 184 g/mol. The summed E-state index contributed by atoms with van der Waals surface area (Å²) in [5, 5.41) is 2.51. The lowest BCUT2D eigenvalue weighted by Gasteiger charge is -1.99. The maximum absolute atomic E-state index is 5.56. The van der Waals surface area contributed by atoms with Gasteiger partial charge in [-0.15, -0.1) is 0 Å². The number of hydrogen-bond acceptors (Lipinski definition) is 1. The molecule has 0 atom stereocenters. The van der Waals surface area contributed by atoms with Gasteiger partial charge in [0.2, 0.25) is 0 Å². The van der Waals surface area contributed by atoms with E-state index >= 15 is 0 Å². The molecule has 0 bridgehead atoms. The van der Waals surface area contributed by atoms with Gasteiger partial charge in [0, 0.05) is 6.42 Å². The molecule has 0 unspecified atom stereocenters. The van der Waals surface area contributed by atoms with Crippen LogP contribution in [0.3, 0.4) is 0 Å². The minimum atomic E-state index is 0.823. The average Bonchev–Trinajstić information content (AvgIpc) is 2.64. The van der Waals surface area contributed by atoms with Crippen molar-refractivity contribution in [3.8, 4) is 5.75 Å². The first-order chi connectivity index (χ1) is 7.43. The fourth-order valence-corrected chi connectivity index (χ4v) is 2.00. The van der Waals surface area contributed by atoms with Crippen molar-refractivity contribution in [2.45, 2.75) is 6.42 Å². The molecule has 15 heavy (non-hydrogen) atoms. The Morgan fingerprint density at radius 3 is 2.40 bits per heavy atom. The number of rotatable bonds is 0. The summed E-state index contributed by atoms with van der Waals surface area (Å²) in [6, 6.07) is 4.37. The van der Waals surface area contributed by atoms with Gasteiger partial charge in [-0.05, 0) is 28.1 Å². The normalized spacial score (nSPS) is 21.1. The van der Waals surface area contributed by atoms with Crippen molar-refractivity contribution in [1.29, 1.82) is 0 Å². The molecule has 3 rings (SSSR count). The molecular formula is C14H12O. The van der Waals surface area contributed by atoms with Crippen molar-refractivity contribution in [1.82, 2.24) is 0 Å². The first kappa shape index (κ1) is 8.54. The maximum Gasteiger partial charge on any atom is 0.123 e. The minimum Gasteiger partial charge on any atom is -0.493 e. The highest BCUT2D eigenvalue weighted by Crippen LogP contribution is 2.20. The quantitative estimate of drug-likeness (QED) is 0.608. The smallest absolute Gasteiger partial charge is 0.123 e. The molecule has 1 aliphatic heterocycles. The predicted molar refractivity (Wildman–Crippen MR) is 62.1 cm³/mol. The highest BCUT2D eigenvalue weighted by atomic mass is 16.5. The van der Waals surface area contributed by atoms with Crippen molar-refractivity contribution in [3.05, 3.63) is 52.4 Å². The SMILES string of the molecule is C1=C/C=c2/cc3c(c/c2=C/C=C1)OCC3. The molecule has 1 aromatic rings. The van der Waals surface area contributed by atoms with Gasteiger partial charge < -0.3 is 4.74 Å². The van der Waals surface area contributed by atoms with E-state index in [2.05, 4.69) is 36.4 Å². The van der Waals surface area contributed by atoms with Crippen LogP contribution in [0.5, 0.6) is 5.75 Å². The number of allylic oxidation sites excluding steroid dienone is 4. The molecule has 74 valence electrons. The summed E-state index contributed by atoms with van der Waals surface area (Å²) >= 11 is 0. The van der Waals surface area contributed by atoms with Gasteiger partial charge in [0.05, 0.1) is 6.61 Å². The van der Waals surface area contributed by atoms with Gasteiger partial charge in [0.25, 0.3) is 0 Å². The van der Waals surface area contributed by atoms with Gasteiger partial charge in [-0.1, -0.05) is 36.5 Å². The number of ether oxygens (including phenoxy) is 1. The van der Waals surface area contributed by atoms with Gasteiger partial charge in [-0.2, -0.15) is 0 Å². The van der Waals surface area contributed by atoms with E-state index in [1.807, 2.05) is 12.2 Å². The second-order valence-corrected chi connectivity index (χ2v) is 3.79. The zero-order valence-corrected chi connectivity index (χ0v) is 8.44. The lowest BCUT2D eigenvalue weighted by molar-refractivity contribution is 0.356. The monoisotopic (exact) mass is 196 g/mol. The van der Waals surface area contributed by atoms with Crippen LogP contribution < -0.4 is 15.2 Å². The first-order valence-corrected chi connectivity index (χ1v) is 5.25. The van der Waals surface area contributed by atoms with Crippen LogP contribution in [0.1, 0.15) is 5.56 Å². The first-order valence-electron chi connectivity index (χ1n) is 5.25. The second kappa shape index (κ2) is 3.43. The highest BCUT2D eigenvalue weighted by Gasteiger charge is 2.11. The Hall–Kier alpha value is -1.76. The molecule has 1 heterocycles. The van der Waals surface area contributed by atoms with Gasteiger partial charge in [-0.25, -0.2) is 0 Å². The van der Waals surface area contributed by atoms with Crippen LogP contribution in [0.2, 0.25) is 0 Å². The lowest BCUT2D eigenvalue weighted by Crippen LogP contribution is -2.24. The molecule has 0 saturated heterocycles. The minimum absolute atomic E-state index is 0.823. The Bertz CT molecular complexity index is 511. The average molecular weight is 196 g/mol. The fraction of sp³-hybridized carbons (Fsp3) is 0.143. The fourth-order valence-electron chi connectivity index (χ4n) is 2.00. The summed E-state index contributed by atoms with van der Waals surface area (Å²) < 4.78 is 5.56. The van der Waals surface area contributed by atoms with Crippen molar-refractivity contribution >= 4 is 12.2 Å². The van der Waals surface area contributed by atoms with E-state index in [1.165, 1.54) is 16.0 Å². The summed E-state index contributed by atoms with van der Waals surface area (Å²) in [4.78, 5) is 0. The van der Waals surface area contributed by atoms with Gasteiger partial charge >= 0.3 is 0 Å². The summed E-state index contributed by atoms with van der Waals surface area (Å²) in [7, 11) is 0. The van der Waals surface area contributed by atoms with Crippen molar-refractivity contribution < 1.29 is 4.74 Å². The van der Waals surface area contributed by atoms with E-state index < -0.39 is 0 Å². The van der Waals surface area contributed by atoms with E-state index in [9.17, 15) is 0 Å². The third-order valence-corrected chi connectivity index (χ3v) is 2.78. The van der Waals surface area contributed by atoms with Gasteiger partial charge in [-0.3, -0.25) is 0 Å². The molecule has 0 amide bonds. The largest absolute Gasteiger partial charge is 0.493 e. The van der Waals surface area contributed by atoms with Crippen molar-refractivity contribution in [3.63, 3.8) is 0 Å². The Kier molecular flexibility index (Phi) is 1.95. The van der Waals surface area contributed by atoms with Crippen LogP contribution in [0.4, 0.5) is 0 Å². The molecule has 1 nitrogen and oxygen atoms in total. The van der Waals surface area contributed by atoms with Gasteiger partial charge in [0.1, 0.15) is 5.75 Å². The third kappa shape index (κ3) is 1.50. The van der Waals surface area contributed by atoms with E-state index in [0.717, 1.165) is 18.8 Å². The number of fused-ring (bicyclic) bond motifs is 2. The number of hydrogen-bond donors (Lipinski definition) is 0. The Labute approximate surface area is 88.7 Å². The molecule has 0 saturated carbocycles. The molecule has 0 radical (unpaired) electrons. The molecule has 0 aromatic heterocycles. The maximum atomic E-state index is 5.56. The molecule has 1 aliphatic carbocycles. The molecule has 0 spiro atoms. The van der Waals surface area contributed by atoms with E-state index in [1.54, 1.807) is 0 Å². The molecule has 0 N–H and O–H groups in total. The van der Waals surface area contributed by atoms with Crippen LogP contribution in [0.15, 0.2) is 36.4 Å². The topological polar surface area (TPSA) is 9.23 Å². The Balaban J connectivity index is 2.33. The second-order valence-electron chi connectivity index (χ2n) is 3.79. The van der Waals surface area contributed by atoms with Crippen molar-refractivity contribution in [2.24, 2.45) is 0 Å². The number of benzene rings is 1. The summed E-state index contributed by atoms with van der Waals surface area (Å²) in [5.41, 5.74) is 1.33. The molecule has 0 fully saturated rings.